The van der Waals surface area contributed by atoms with Crippen molar-refractivity contribution < 1.29 is 14.3 Å². The summed E-state index contributed by atoms with van der Waals surface area (Å²) in [6.07, 6.45) is -0.212. The van der Waals surface area contributed by atoms with Crippen LogP contribution in [0.4, 0.5) is 4.79 Å². The van der Waals surface area contributed by atoms with Gasteiger partial charge in [0.15, 0.2) is 0 Å². The summed E-state index contributed by atoms with van der Waals surface area (Å²) in [4.78, 5) is 12.6. The third kappa shape index (κ3) is 2.52. The Morgan fingerprint density at radius 1 is 0.893 bits per heavy atom. The molecule has 4 rings (SSSR count). The van der Waals surface area contributed by atoms with Gasteiger partial charge < -0.3 is 9.47 Å². The standard InChI is InChI=1S/C25H30O3/c1-16(2)27-22(26)28-21-24(5,6)18-12-8-10-14-20(18)25(21)15-23(3,4)17-11-7-9-13-19(17)25/h7-14,16,21H,15H2,1-6H3. The molecule has 0 bridgehead atoms. The van der Waals surface area contributed by atoms with Gasteiger partial charge in [0.25, 0.3) is 0 Å². The molecule has 0 heterocycles. The van der Waals surface area contributed by atoms with Crippen LogP contribution in [0.25, 0.3) is 0 Å². The molecular formula is C25H30O3. The highest BCUT2D eigenvalue weighted by Gasteiger charge is 2.64. The number of hydrogen-bond donors (Lipinski definition) is 0. The minimum Gasteiger partial charge on any atom is -0.432 e. The third-order valence-corrected chi connectivity index (χ3v) is 6.61. The number of hydrogen-bond acceptors (Lipinski definition) is 3. The number of benzene rings is 2. The predicted octanol–water partition coefficient (Wildman–Crippen LogP) is 5.88. The van der Waals surface area contributed by atoms with Gasteiger partial charge in [0, 0.05) is 5.41 Å². The summed E-state index contributed by atoms with van der Waals surface area (Å²) in [6.45, 7) is 12.6. The average molecular weight is 379 g/mol. The topological polar surface area (TPSA) is 35.5 Å². The van der Waals surface area contributed by atoms with Gasteiger partial charge in [-0.3, -0.25) is 0 Å². The van der Waals surface area contributed by atoms with E-state index in [4.69, 9.17) is 9.47 Å². The Morgan fingerprint density at radius 2 is 1.39 bits per heavy atom. The Bertz CT molecular complexity index is 912. The summed E-state index contributed by atoms with van der Waals surface area (Å²) in [5.74, 6) is 0. The average Bonchev–Trinajstić information content (AvgIpc) is 2.97. The summed E-state index contributed by atoms with van der Waals surface area (Å²) in [6, 6.07) is 17.2. The fourth-order valence-corrected chi connectivity index (χ4v) is 5.72. The molecular weight excluding hydrogens is 348 g/mol. The molecule has 2 aliphatic carbocycles. The number of rotatable bonds is 2. The van der Waals surface area contributed by atoms with E-state index >= 15 is 0 Å². The predicted molar refractivity (Wildman–Crippen MR) is 111 cm³/mol. The highest BCUT2D eigenvalue weighted by atomic mass is 16.7. The Kier molecular flexibility index (Phi) is 4.15. The maximum atomic E-state index is 12.6. The van der Waals surface area contributed by atoms with Gasteiger partial charge in [-0.2, -0.15) is 0 Å². The van der Waals surface area contributed by atoms with Gasteiger partial charge in [-0.05, 0) is 47.9 Å². The van der Waals surface area contributed by atoms with Crippen molar-refractivity contribution in [2.24, 2.45) is 0 Å². The van der Waals surface area contributed by atoms with Crippen molar-refractivity contribution in [3.63, 3.8) is 0 Å². The summed E-state index contributed by atoms with van der Waals surface area (Å²) in [5.41, 5.74) is 4.46. The van der Waals surface area contributed by atoms with Crippen LogP contribution in [0.3, 0.4) is 0 Å². The molecule has 2 aromatic rings. The number of ether oxygens (including phenoxy) is 2. The zero-order valence-corrected chi connectivity index (χ0v) is 17.7. The molecule has 0 radical (unpaired) electrons. The number of fused-ring (bicyclic) bond motifs is 4. The van der Waals surface area contributed by atoms with Crippen LogP contribution in [0.1, 0.15) is 70.2 Å². The molecule has 3 nitrogen and oxygen atoms in total. The van der Waals surface area contributed by atoms with E-state index in [2.05, 4.69) is 76.2 Å². The van der Waals surface area contributed by atoms with Crippen molar-refractivity contribution in [1.29, 1.82) is 0 Å². The fraction of sp³-hybridized carbons (Fsp3) is 0.480. The first-order valence-electron chi connectivity index (χ1n) is 10.2. The van der Waals surface area contributed by atoms with E-state index in [1.54, 1.807) is 0 Å². The van der Waals surface area contributed by atoms with Crippen LogP contribution in [0.15, 0.2) is 48.5 Å². The first kappa shape index (κ1) is 19.0. The highest BCUT2D eigenvalue weighted by molar-refractivity contribution is 5.66. The molecule has 0 saturated carbocycles. The molecule has 0 saturated heterocycles. The van der Waals surface area contributed by atoms with Gasteiger partial charge in [0.1, 0.15) is 6.10 Å². The Morgan fingerprint density at radius 3 is 1.96 bits per heavy atom. The second-order valence-electron chi connectivity index (χ2n) is 9.76. The second kappa shape index (κ2) is 6.10. The SMILES string of the molecule is CC(C)OC(=O)OC1C(C)(C)c2ccccc2C12CC(C)(C)c1ccccc12. The smallest absolute Gasteiger partial charge is 0.432 e. The normalized spacial score (nSPS) is 26.2. The van der Waals surface area contributed by atoms with E-state index < -0.39 is 6.16 Å². The van der Waals surface area contributed by atoms with Gasteiger partial charge in [0.05, 0.1) is 11.5 Å². The zero-order chi connectivity index (χ0) is 20.3. The molecule has 0 aliphatic heterocycles. The van der Waals surface area contributed by atoms with Crippen molar-refractivity contribution in [2.75, 3.05) is 0 Å². The van der Waals surface area contributed by atoms with Crippen LogP contribution in [0, 0.1) is 0 Å². The quantitative estimate of drug-likeness (QED) is 0.613. The summed E-state index contributed by atoms with van der Waals surface area (Å²) >= 11 is 0. The van der Waals surface area contributed by atoms with Crippen molar-refractivity contribution in [2.45, 2.75) is 76.4 Å². The van der Waals surface area contributed by atoms with E-state index in [9.17, 15) is 4.79 Å². The van der Waals surface area contributed by atoms with Gasteiger partial charge >= 0.3 is 6.16 Å². The lowest BCUT2D eigenvalue weighted by Gasteiger charge is -2.39. The van der Waals surface area contributed by atoms with E-state index in [0.717, 1.165) is 6.42 Å². The lowest BCUT2D eigenvalue weighted by molar-refractivity contribution is -0.0325. The molecule has 0 amide bonds. The van der Waals surface area contributed by atoms with Crippen LogP contribution < -0.4 is 0 Å². The second-order valence-corrected chi connectivity index (χ2v) is 9.76. The minimum atomic E-state index is -0.581. The van der Waals surface area contributed by atoms with Crippen LogP contribution in [0.5, 0.6) is 0 Å². The molecule has 3 heteroatoms. The van der Waals surface area contributed by atoms with Crippen LogP contribution in [-0.2, 0) is 25.7 Å². The first-order valence-corrected chi connectivity index (χ1v) is 10.2. The number of carbonyl (C=O) groups is 1. The van der Waals surface area contributed by atoms with E-state index in [0.29, 0.717) is 0 Å². The molecule has 0 N–H and O–H groups in total. The van der Waals surface area contributed by atoms with Crippen molar-refractivity contribution >= 4 is 6.16 Å². The highest BCUT2D eigenvalue weighted by Crippen LogP contribution is 2.63. The molecule has 2 unspecified atom stereocenters. The van der Waals surface area contributed by atoms with E-state index in [-0.39, 0.29) is 28.5 Å². The fourth-order valence-electron chi connectivity index (χ4n) is 5.72. The zero-order valence-electron chi connectivity index (χ0n) is 17.7. The maximum absolute atomic E-state index is 12.6. The lowest BCUT2D eigenvalue weighted by Crippen LogP contribution is -2.47. The third-order valence-electron chi connectivity index (χ3n) is 6.61. The van der Waals surface area contributed by atoms with Gasteiger partial charge in [0.2, 0.25) is 0 Å². The van der Waals surface area contributed by atoms with Crippen molar-refractivity contribution in [1.82, 2.24) is 0 Å². The Labute approximate surface area is 168 Å². The Balaban J connectivity index is 1.94. The molecule has 2 aromatic carbocycles. The van der Waals surface area contributed by atoms with Crippen LogP contribution in [-0.4, -0.2) is 18.4 Å². The molecule has 28 heavy (non-hydrogen) atoms. The molecule has 1 spiro atoms. The van der Waals surface area contributed by atoms with Gasteiger partial charge in [-0.25, -0.2) is 4.79 Å². The van der Waals surface area contributed by atoms with Crippen molar-refractivity contribution in [3.05, 3.63) is 70.8 Å². The molecule has 148 valence electrons. The molecule has 0 aromatic heterocycles. The summed E-state index contributed by atoms with van der Waals surface area (Å²) in [7, 11) is 0. The first-order chi connectivity index (χ1) is 13.1. The maximum Gasteiger partial charge on any atom is 0.508 e. The molecule has 2 aliphatic rings. The monoisotopic (exact) mass is 378 g/mol. The van der Waals surface area contributed by atoms with Gasteiger partial charge in [-0.15, -0.1) is 0 Å². The van der Waals surface area contributed by atoms with Gasteiger partial charge in [-0.1, -0.05) is 76.2 Å². The minimum absolute atomic E-state index is 0.00626. The summed E-state index contributed by atoms with van der Waals surface area (Å²) in [5, 5.41) is 0. The van der Waals surface area contributed by atoms with Crippen molar-refractivity contribution in [3.8, 4) is 0 Å². The number of carbonyl (C=O) groups excluding carboxylic acids is 1. The molecule has 0 fully saturated rings. The van der Waals surface area contributed by atoms with Crippen LogP contribution >= 0.6 is 0 Å². The van der Waals surface area contributed by atoms with Crippen LogP contribution in [0.2, 0.25) is 0 Å². The largest absolute Gasteiger partial charge is 0.508 e. The molecule has 2 atom stereocenters. The van der Waals surface area contributed by atoms with E-state index in [1.165, 1.54) is 22.3 Å². The lowest BCUT2D eigenvalue weighted by atomic mass is 9.70. The Hall–Kier alpha value is -2.29. The van der Waals surface area contributed by atoms with E-state index in [1.807, 2.05) is 13.8 Å². The summed E-state index contributed by atoms with van der Waals surface area (Å²) < 4.78 is 11.5.